The van der Waals surface area contributed by atoms with Gasteiger partial charge in [0.25, 0.3) is 5.91 Å². The van der Waals surface area contributed by atoms with E-state index < -0.39 is 21.7 Å². The molecule has 0 radical (unpaired) electrons. The average molecular weight is 390 g/mol. The zero-order valence-electron chi connectivity index (χ0n) is 15.4. The largest absolute Gasteiger partial charge is 0.322 e. The minimum Gasteiger partial charge on any atom is -0.322 e. The molecule has 7 heteroatoms. The molecule has 0 aromatic heterocycles. The molecule has 27 heavy (non-hydrogen) atoms. The Morgan fingerprint density at radius 2 is 1.89 bits per heavy atom. The molecule has 1 atom stereocenters. The molecule has 1 amide bonds. The summed E-state index contributed by atoms with van der Waals surface area (Å²) in [5.74, 6) is -0.572. The van der Waals surface area contributed by atoms with E-state index in [-0.39, 0.29) is 10.5 Å². The number of aryl methyl sites for hydroxylation is 1. The lowest BCUT2D eigenvalue weighted by molar-refractivity contribution is 0.102. The van der Waals surface area contributed by atoms with Gasteiger partial charge in [0.1, 0.15) is 5.82 Å². The second-order valence-electron chi connectivity index (χ2n) is 7.05. The smallest absolute Gasteiger partial charge is 0.256 e. The number of amides is 1. The van der Waals surface area contributed by atoms with Crippen molar-refractivity contribution in [3.05, 3.63) is 59.4 Å². The normalized spacial score (nSPS) is 18.3. The number of sulfonamides is 1. The molecular formula is C20H23FN2O3S. The number of carbonyl (C=O) groups excluding carboxylic acids is 1. The molecular weight excluding hydrogens is 367 g/mol. The fourth-order valence-electron chi connectivity index (χ4n) is 3.26. The van der Waals surface area contributed by atoms with Crippen LogP contribution in [0.1, 0.15) is 35.7 Å². The maximum atomic E-state index is 13.4. The Balaban J connectivity index is 1.75. The first kappa shape index (κ1) is 19.5. The van der Waals surface area contributed by atoms with Gasteiger partial charge in [-0.1, -0.05) is 13.0 Å². The van der Waals surface area contributed by atoms with Crippen LogP contribution in [-0.2, 0) is 10.0 Å². The summed E-state index contributed by atoms with van der Waals surface area (Å²) in [6, 6.07) is 10.1. The number of hydrogen-bond donors (Lipinski definition) is 1. The molecule has 2 aromatic rings. The highest BCUT2D eigenvalue weighted by Gasteiger charge is 2.28. The van der Waals surface area contributed by atoms with Gasteiger partial charge in [-0.25, -0.2) is 12.8 Å². The lowest BCUT2D eigenvalue weighted by Gasteiger charge is -2.30. The van der Waals surface area contributed by atoms with E-state index in [1.54, 1.807) is 25.1 Å². The summed E-state index contributed by atoms with van der Waals surface area (Å²) in [5.41, 5.74) is 1.36. The van der Waals surface area contributed by atoms with Gasteiger partial charge in [-0.3, -0.25) is 4.79 Å². The molecule has 1 N–H and O–H groups in total. The fourth-order valence-corrected chi connectivity index (χ4v) is 4.86. The predicted molar refractivity (Wildman–Crippen MR) is 103 cm³/mol. The van der Waals surface area contributed by atoms with Crippen LogP contribution in [0, 0.1) is 18.7 Å². The minimum absolute atomic E-state index is 0.205. The van der Waals surface area contributed by atoms with Crippen LogP contribution < -0.4 is 5.32 Å². The van der Waals surface area contributed by atoms with Crippen LogP contribution in [0.4, 0.5) is 10.1 Å². The van der Waals surface area contributed by atoms with Gasteiger partial charge in [-0.2, -0.15) is 4.31 Å². The van der Waals surface area contributed by atoms with Crippen molar-refractivity contribution in [2.24, 2.45) is 5.92 Å². The van der Waals surface area contributed by atoms with Crippen molar-refractivity contribution < 1.29 is 17.6 Å². The number of hydrogen-bond acceptors (Lipinski definition) is 3. The fraction of sp³-hybridized carbons (Fsp3) is 0.350. The number of nitrogens with one attached hydrogen (secondary N) is 1. The van der Waals surface area contributed by atoms with Gasteiger partial charge in [-0.15, -0.1) is 0 Å². The van der Waals surface area contributed by atoms with Crippen molar-refractivity contribution in [1.29, 1.82) is 0 Å². The van der Waals surface area contributed by atoms with Gasteiger partial charge in [0, 0.05) is 24.3 Å². The van der Waals surface area contributed by atoms with Crippen LogP contribution in [0.3, 0.4) is 0 Å². The molecule has 0 spiro atoms. The maximum Gasteiger partial charge on any atom is 0.256 e. The summed E-state index contributed by atoms with van der Waals surface area (Å²) >= 11 is 0. The molecule has 0 bridgehead atoms. The molecule has 0 saturated carbocycles. The van der Waals surface area contributed by atoms with Crippen LogP contribution in [0.15, 0.2) is 47.4 Å². The molecule has 1 unspecified atom stereocenters. The third kappa shape index (κ3) is 4.36. The third-order valence-corrected chi connectivity index (χ3v) is 6.69. The van der Waals surface area contributed by atoms with Crippen LogP contribution in [0.2, 0.25) is 0 Å². The first-order chi connectivity index (χ1) is 12.8. The predicted octanol–water partition coefficient (Wildman–Crippen LogP) is 3.81. The monoisotopic (exact) mass is 390 g/mol. The molecule has 5 nitrogen and oxygen atoms in total. The van der Waals surface area contributed by atoms with Crippen LogP contribution >= 0.6 is 0 Å². The van der Waals surface area contributed by atoms with Crippen molar-refractivity contribution >= 4 is 21.6 Å². The van der Waals surface area contributed by atoms with E-state index in [1.165, 1.54) is 28.6 Å². The summed E-state index contributed by atoms with van der Waals surface area (Å²) in [5, 5.41) is 2.68. The Labute approximate surface area is 159 Å². The number of carbonyl (C=O) groups is 1. The van der Waals surface area contributed by atoms with Gasteiger partial charge in [0.05, 0.1) is 4.90 Å². The van der Waals surface area contributed by atoms with E-state index in [9.17, 15) is 17.6 Å². The summed E-state index contributed by atoms with van der Waals surface area (Å²) < 4.78 is 40.4. The molecule has 1 heterocycles. The zero-order chi connectivity index (χ0) is 19.6. The Morgan fingerprint density at radius 3 is 2.56 bits per heavy atom. The average Bonchev–Trinajstić information content (AvgIpc) is 2.64. The highest BCUT2D eigenvalue weighted by atomic mass is 32.2. The van der Waals surface area contributed by atoms with E-state index in [0.717, 1.165) is 12.8 Å². The molecule has 144 valence electrons. The van der Waals surface area contributed by atoms with Crippen molar-refractivity contribution in [3.63, 3.8) is 0 Å². The number of anilines is 1. The Bertz CT molecular complexity index is 942. The quantitative estimate of drug-likeness (QED) is 0.863. The number of nitrogens with zero attached hydrogens (tertiary/aromatic N) is 1. The van der Waals surface area contributed by atoms with E-state index in [0.29, 0.717) is 30.3 Å². The molecule has 0 aliphatic carbocycles. The number of rotatable bonds is 4. The van der Waals surface area contributed by atoms with Gasteiger partial charge in [0.15, 0.2) is 0 Å². The Kier molecular flexibility index (Phi) is 5.62. The van der Waals surface area contributed by atoms with E-state index in [2.05, 4.69) is 12.2 Å². The lowest BCUT2D eigenvalue weighted by atomic mass is 10.0. The van der Waals surface area contributed by atoms with Crippen molar-refractivity contribution in [2.75, 3.05) is 18.4 Å². The Morgan fingerprint density at radius 1 is 1.19 bits per heavy atom. The minimum atomic E-state index is -3.53. The molecule has 1 aliphatic rings. The molecule has 3 rings (SSSR count). The van der Waals surface area contributed by atoms with Crippen molar-refractivity contribution in [1.82, 2.24) is 4.31 Å². The highest BCUT2D eigenvalue weighted by Crippen LogP contribution is 2.24. The summed E-state index contributed by atoms with van der Waals surface area (Å²) in [4.78, 5) is 12.6. The maximum absolute atomic E-state index is 13.4. The highest BCUT2D eigenvalue weighted by molar-refractivity contribution is 7.89. The molecule has 2 aromatic carbocycles. The SMILES string of the molecule is Cc1ccc(F)cc1C(=O)Nc1ccc(S(=O)(=O)N2CCCC(C)C2)cc1. The second kappa shape index (κ2) is 7.78. The first-order valence-electron chi connectivity index (χ1n) is 8.95. The lowest BCUT2D eigenvalue weighted by Crippen LogP contribution is -2.39. The topological polar surface area (TPSA) is 66.5 Å². The van der Waals surface area contributed by atoms with Crippen LogP contribution in [0.5, 0.6) is 0 Å². The number of piperidine rings is 1. The van der Waals surface area contributed by atoms with Crippen molar-refractivity contribution in [2.45, 2.75) is 31.6 Å². The van der Waals surface area contributed by atoms with E-state index >= 15 is 0 Å². The van der Waals surface area contributed by atoms with Gasteiger partial charge in [0.2, 0.25) is 10.0 Å². The van der Waals surface area contributed by atoms with Gasteiger partial charge < -0.3 is 5.32 Å². The number of halogens is 1. The van der Waals surface area contributed by atoms with Crippen LogP contribution in [0.25, 0.3) is 0 Å². The zero-order valence-corrected chi connectivity index (χ0v) is 16.2. The summed E-state index contributed by atoms with van der Waals surface area (Å²) in [7, 11) is -3.53. The summed E-state index contributed by atoms with van der Waals surface area (Å²) in [6.45, 7) is 4.84. The van der Waals surface area contributed by atoms with E-state index in [1.807, 2.05) is 0 Å². The third-order valence-electron chi connectivity index (χ3n) is 4.81. The summed E-state index contributed by atoms with van der Waals surface area (Å²) in [6.07, 6.45) is 1.90. The van der Waals surface area contributed by atoms with Gasteiger partial charge >= 0.3 is 0 Å². The number of benzene rings is 2. The van der Waals surface area contributed by atoms with E-state index in [4.69, 9.17) is 0 Å². The van der Waals surface area contributed by atoms with Crippen molar-refractivity contribution in [3.8, 4) is 0 Å². The molecule has 1 fully saturated rings. The van der Waals surface area contributed by atoms with Crippen LogP contribution in [-0.4, -0.2) is 31.7 Å². The standard InChI is InChI=1S/C20H23FN2O3S/c1-14-4-3-11-23(13-14)27(25,26)18-9-7-17(8-10-18)22-20(24)19-12-16(21)6-5-15(19)2/h5-10,12,14H,3-4,11,13H2,1-2H3,(H,22,24). The Hall–Kier alpha value is -2.25. The first-order valence-corrected chi connectivity index (χ1v) is 10.4. The molecule has 1 saturated heterocycles. The second-order valence-corrected chi connectivity index (χ2v) is 8.99. The molecule has 1 aliphatic heterocycles. The van der Waals surface area contributed by atoms with Gasteiger partial charge in [-0.05, 0) is 67.6 Å².